The van der Waals surface area contributed by atoms with Crippen LogP contribution in [0.15, 0.2) is 35.0 Å². The number of carbonyl (C=O) groups excluding carboxylic acids is 3. The van der Waals surface area contributed by atoms with Crippen molar-refractivity contribution in [3.63, 3.8) is 0 Å². The van der Waals surface area contributed by atoms with Crippen molar-refractivity contribution in [3.05, 3.63) is 41.1 Å². The molecule has 1 saturated heterocycles. The van der Waals surface area contributed by atoms with Gasteiger partial charge in [-0.15, -0.1) is 0 Å². The Balaban J connectivity index is 1.90. The molecule has 0 atom stereocenters. The molecule has 2 aliphatic rings. The SMILES string of the molecule is CC(C)c1ccc(/C=C2\N=C3C(=O)NC(=O)CN3C2=O)cc1. The first-order chi connectivity index (χ1) is 10.5. The minimum Gasteiger partial charge on any atom is -0.288 e. The first-order valence-electron chi connectivity index (χ1n) is 7.02. The molecule has 0 bridgehead atoms. The Kier molecular flexibility index (Phi) is 3.36. The third-order valence-corrected chi connectivity index (χ3v) is 3.61. The number of amides is 3. The van der Waals surface area contributed by atoms with Crippen LogP contribution in [0, 0.1) is 0 Å². The second kappa shape index (κ2) is 5.22. The molecular weight excluding hydrogens is 282 g/mol. The summed E-state index contributed by atoms with van der Waals surface area (Å²) in [6.07, 6.45) is 1.62. The number of nitrogens with zero attached hydrogens (tertiary/aromatic N) is 2. The molecule has 0 unspecified atom stereocenters. The summed E-state index contributed by atoms with van der Waals surface area (Å²) in [4.78, 5) is 40.4. The molecule has 22 heavy (non-hydrogen) atoms. The predicted octanol–water partition coefficient (Wildman–Crippen LogP) is 1.05. The maximum atomic E-state index is 12.2. The Hall–Kier alpha value is -2.76. The fourth-order valence-electron chi connectivity index (χ4n) is 2.37. The van der Waals surface area contributed by atoms with Gasteiger partial charge in [-0.1, -0.05) is 38.1 Å². The predicted molar refractivity (Wildman–Crippen MR) is 80.8 cm³/mol. The maximum Gasteiger partial charge on any atom is 0.294 e. The lowest BCUT2D eigenvalue weighted by atomic mass is 10.0. The largest absolute Gasteiger partial charge is 0.294 e. The Morgan fingerprint density at radius 3 is 2.50 bits per heavy atom. The van der Waals surface area contributed by atoms with Crippen molar-refractivity contribution in [1.82, 2.24) is 10.2 Å². The third-order valence-electron chi connectivity index (χ3n) is 3.61. The maximum absolute atomic E-state index is 12.2. The summed E-state index contributed by atoms with van der Waals surface area (Å²) in [5, 5.41) is 2.15. The highest BCUT2D eigenvalue weighted by molar-refractivity contribution is 6.47. The number of amidine groups is 1. The molecule has 3 amide bonds. The molecule has 112 valence electrons. The van der Waals surface area contributed by atoms with Crippen LogP contribution in [0.25, 0.3) is 6.08 Å². The van der Waals surface area contributed by atoms with E-state index < -0.39 is 17.7 Å². The van der Waals surface area contributed by atoms with Crippen LogP contribution in [0.4, 0.5) is 0 Å². The van der Waals surface area contributed by atoms with E-state index in [1.165, 1.54) is 5.56 Å². The zero-order valence-electron chi connectivity index (χ0n) is 12.3. The Morgan fingerprint density at radius 1 is 1.18 bits per heavy atom. The number of aliphatic imine (C=N–C) groups is 1. The lowest BCUT2D eigenvalue weighted by Gasteiger charge is -2.21. The second-order valence-electron chi connectivity index (χ2n) is 5.55. The zero-order chi connectivity index (χ0) is 15.9. The van der Waals surface area contributed by atoms with Crippen LogP contribution >= 0.6 is 0 Å². The van der Waals surface area contributed by atoms with E-state index in [0.717, 1.165) is 10.5 Å². The molecule has 3 rings (SSSR count). The van der Waals surface area contributed by atoms with Gasteiger partial charge < -0.3 is 0 Å². The van der Waals surface area contributed by atoms with Gasteiger partial charge in [-0.3, -0.25) is 24.6 Å². The number of piperazine rings is 1. The number of carbonyl (C=O) groups is 3. The van der Waals surface area contributed by atoms with Gasteiger partial charge in [0, 0.05) is 0 Å². The van der Waals surface area contributed by atoms with Crippen LogP contribution in [-0.4, -0.2) is 35.0 Å². The summed E-state index contributed by atoms with van der Waals surface area (Å²) in [6, 6.07) is 7.79. The molecule has 0 spiro atoms. The van der Waals surface area contributed by atoms with Crippen LogP contribution < -0.4 is 5.32 Å². The molecule has 1 fully saturated rings. The van der Waals surface area contributed by atoms with Crippen LogP contribution in [0.2, 0.25) is 0 Å². The number of nitrogens with one attached hydrogen (secondary N) is 1. The van der Waals surface area contributed by atoms with Crippen molar-refractivity contribution in [2.24, 2.45) is 4.99 Å². The monoisotopic (exact) mass is 297 g/mol. The molecule has 0 saturated carbocycles. The lowest BCUT2D eigenvalue weighted by Crippen LogP contribution is -2.55. The van der Waals surface area contributed by atoms with E-state index in [4.69, 9.17) is 0 Å². The number of benzene rings is 1. The van der Waals surface area contributed by atoms with Gasteiger partial charge in [-0.05, 0) is 23.1 Å². The first-order valence-corrected chi connectivity index (χ1v) is 7.02. The van der Waals surface area contributed by atoms with Crippen molar-refractivity contribution in [1.29, 1.82) is 0 Å². The van der Waals surface area contributed by atoms with Gasteiger partial charge in [-0.25, -0.2) is 4.99 Å². The Morgan fingerprint density at radius 2 is 1.86 bits per heavy atom. The number of imide groups is 1. The van der Waals surface area contributed by atoms with E-state index in [-0.39, 0.29) is 18.1 Å². The van der Waals surface area contributed by atoms with Crippen LogP contribution in [-0.2, 0) is 14.4 Å². The summed E-state index contributed by atoms with van der Waals surface area (Å²) >= 11 is 0. The van der Waals surface area contributed by atoms with Crippen molar-refractivity contribution in [3.8, 4) is 0 Å². The van der Waals surface area contributed by atoms with Gasteiger partial charge in [0.2, 0.25) is 11.7 Å². The molecule has 1 N–H and O–H groups in total. The highest BCUT2D eigenvalue weighted by Crippen LogP contribution is 2.21. The smallest absolute Gasteiger partial charge is 0.288 e. The normalized spacial score (nSPS) is 19.6. The molecule has 6 heteroatoms. The topological polar surface area (TPSA) is 78.8 Å². The average Bonchev–Trinajstić information content (AvgIpc) is 2.77. The number of rotatable bonds is 2. The molecule has 6 nitrogen and oxygen atoms in total. The Labute approximate surface area is 127 Å². The summed E-state index contributed by atoms with van der Waals surface area (Å²) in [7, 11) is 0. The Bertz CT molecular complexity index is 730. The van der Waals surface area contributed by atoms with Gasteiger partial charge >= 0.3 is 0 Å². The fourth-order valence-corrected chi connectivity index (χ4v) is 2.37. The second-order valence-corrected chi connectivity index (χ2v) is 5.55. The first kappa shape index (κ1) is 14.2. The molecule has 2 heterocycles. The van der Waals surface area contributed by atoms with Gasteiger partial charge in [0.15, 0.2) is 0 Å². The minimum absolute atomic E-state index is 0.0188. The van der Waals surface area contributed by atoms with E-state index >= 15 is 0 Å². The molecule has 1 aromatic rings. The van der Waals surface area contributed by atoms with Gasteiger partial charge in [0.05, 0.1) is 0 Å². The molecule has 0 aromatic heterocycles. The summed E-state index contributed by atoms with van der Waals surface area (Å²) < 4.78 is 0. The van der Waals surface area contributed by atoms with E-state index in [0.29, 0.717) is 5.92 Å². The van der Waals surface area contributed by atoms with Crippen molar-refractivity contribution in [2.45, 2.75) is 19.8 Å². The molecule has 2 aliphatic heterocycles. The van der Waals surface area contributed by atoms with Gasteiger partial charge in [0.25, 0.3) is 11.8 Å². The fraction of sp³-hybridized carbons (Fsp3) is 0.250. The molecule has 1 aromatic carbocycles. The van der Waals surface area contributed by atoms with Crippen LogP contribution in [0.3, 0.4) is 0 Å². The van der Waals surface area contributed by atoms with E-state index in [2.05, 4.69) is 24.2 Å². The third kappa shape index (κ3) is 2.43. The average molecular weight is 297 g/mol. The quantitative estimate of drug-likeness (QED) is 0.654. The highest BCUT2D eigenvalue weighted by atomic mass is 16.2. The molecule has 0 radical (unpaired) electrons. The molecular formula is C16H15N3O3. The van der Waals surface area contributed by atoms with Crippen LogP contribution in [0.5, 0.6) is 0 Å². The lowest BCUT2D eigenvalue weighted by molar-refractivity contribution is -0.135. The van der Waals surface area contributed by atoms with E-state index in [1.807, 2.05) is 24.3 Å². The van der Waals surface area contributed by atoms with Crippen molar-refractivity contribution >= 4 is 29.6 Å². The number of fused-ring (bicyclic) bond motifs is 1. The van der Waals surface area contributed by atoms with Crippen LogP contribution in [0.1, 0.15) is 30.9 Å². The summed E-state index contributed by atoms with van der Waals surface area (Å²) in [6.45, 7) is 4.04. The van der Waals surface area contributed by atoms with Crippen molar-refractivity contribution < 1.29 is 14.4 Å². The minimum atomic E-state index is -0.636. The highest BCUT2D eigenvalue weighted by Gasteiger charge is 2.39. The van der Waals surface area contributed by atoms with Gasteiger partial charge in [-0.2, -0.15) is 0 Å². The van der Waals surface area contributed by atoms with Gasteiger partial charge in [0.1, 0.15) is 12.2 Å². The number of hydrogen-bond acceptors (Lipinski definition) is 4. The zero-order valence-corrected chi connectivity index (χ0v) is 12.3. The molecule has 0 aliphatic carbocycles. The van der Waals surface area contributed by atoms with Crippen molar-refractivity contribution in [2.75, 3.05) is 6.54 Å². The standard InChI is InChI=1S/C16H15N3O3/c1-9(2)11-5-3-10(4-6-11)7-12-16(22)19-8-13(20)18-15(21)14(19)17-12/h3-7,9H,8H2,1-2H3,(H,18,20,21)/b12-7-. The van der Waals surface area contributed by atoms with E-state index in [9.17, 15) is 14.4 Å². The summed E-state index contributed by atoms with van der Waals surface area (Å²) in [5.41, 5.74) is 2.19. The summed E-state index contributed by atoms with van der Waals surface area (Å²) in [5.74, 6) is -1.15. The van der Waals surface area contributed by atoms with E-state index in [1.54, 1.807) is 6.08 Å². The number of hydrogen-bond donors (Lipinski definition) is 1.